The van der Waals surface area contributed by atoms with Crippen molar-refractivity contribution in [2.24, 2.45) is 0 Å². The van der Waals surface area contributed by atoms with Crippen LogP contribution in [0.25, 0.3) is 0 Å². The van der Waals surface area contributed by atoms with E-state index in [2.05, 4.69) is 28.1 Å². The smallest absolute Gasteiger partial charge is 0.161 e. The predicted octanol–water partition coefficient (Wildman–Crippen LogP) is 4.99. The third-order valence-electron chi connectivity index (χ3n) is 3.07. The molecule has 0 heterocycles. The molecule has 0 spiro atoms. The van der Waals surface area contributed by atoms with Crippen LogP contribution < -0.4 is 9.47 Å². The molecule has 106 valence electrons. The molecular formula is C16H16BrClO2. The molecule has 0 saturated carbocycles. The van der Waals surface area contributed by atoms with Crippen LogP contribution in [0.1, 0.15) is 16.5 Å². The third kappa shape index (κ3) is 3.68. The van der Waals surface area contributed by atoms with Crippen molar-refractivity contribution in [2.45, 2.75) is 11.8 Å². The van der Waals surface area contributed by atoms with Gasteiger partial charge in [0.2, 0.25) is 0 Å². The molecule has 0 N–H and O–H groups in total. The Hall–Kier alpha value is -1.19. The van der Waals surface area contributed by atoms with Crippen LogP contribution in [0.5, 0.6) is 11.5 Å². The van der Waals surface area contributed by atoms with E-state index in [0.717, 1.165) is 16.5 Å². The van der Waals surface area contributed by atoms with E-state index in [-0.39, 0.29) is 5.38 Å². The van der Waals surface area contributed by atoms with E-state index >= 15 is 0 Å². The lowest BCUT2D eigenvalue weighted by Crippen LogP contribution is -1.98. The Balaban J connectivity index is 2.18. The molecule has 0 saturated heterocycles. The molecule has 1 atom stereocenters. The predicted molar refractivity (Wildman–Crippen MR) is 86.0 cm³/mol. The van der Waals surface area contributed by atoms with Crippen LogP contribution in [0, 0.1) is 0 Å². The lowest BCUT2D eigenvalue weighted by molar-refractivity contribution is 0.354. The Morgan fingerprint density at radius 1 is 1.05 bits per heavy atom. The highest BCUT2D eigenvalue weighted by Crippen LogP contribution is 2.33. The fraction of sp³-hybridized carbons (Fsp3) is 0.250. The zero-order chi connectivity index (χ0) is 14.5. The Morgan fingerprint density at radius 3 is 2.45 bits per heavy atom. The first-order valence-electron chi connectivity index (χ1n) is 6.24. The summed E-state index contributed by atoms with van der Waals surface area (Å²) in [6.45, 7) is 0. The van der Waals surface area contributed by atoms with Gasteiger partial charge >= 0.3 is 0 Å². The molecule has 0 fully saturated rings. The normalized spacial score (nSPS) is 12.0. The van der Waals surface area contributed by atoms with E-state index in [9.17, 15) is 0 Å². The second kappa shape index (κ2) is 7.00. The Kier molecular flexibility index (Phi) is 5.32. The first-order chi connectivity index (χ1) is 9.63. The molecule has 2 rings (SSSR count). The summed E-state index contributed by atoms with van der Waals surface area (Å²) in [6.07, 6.45) is 0.760. The monoisotopic (exact) mass is 354 g/mol. The summed E-state index contributed by atoms with van der Waals surface area (Å²) in [6, 6.07) is 13.9. The largest absolute Gasteiger partial charge is 0.493 e. The number of alkyl halides is 1. The van der Waals surface area contributed by atoms with Crippen molar-refractivity contribution in [1.29, 1.82) is 0 Å². The van der Waals surface area contributed by atoms with Gasteiger partial charge in [-0.25, -0.2) is 0 Å². The Labute approximate surface area is 132 Å². The molecular weight excluding hydrogens is 340 g/mol. The van der Waals surface area contributed by atoms with Gasteiger partial charge in [0.05, 0.1) is 19.6 Å². The quantitative estimate of drug-likeness (QED) is 0.704. The van der Waals surface area contributed by atoms with Crippen LogP contribution in [0.3, 0.4) is 0 Å². The maximum absolute atomic E-state index is 6.51. The number of halogens is 2. The summed E-state index contributed by atoms with van der Waals surface area (Å²) < 4.78 is 11.6. The minimum atomic E-state index is -0.107. The van der Waals surface area contributed by atoms with Crippen molar-refractivity contribution in [3.05, 3.63) is 58.1 Å². The van der Waals surface area contributed by atoms with Crippen molar-refractivity contribution in [2.75, 3.05) is 14.2 Å². The summed E-state index contributed by atoms with van der Waals surface area (Å²) in [7, 11) is 3.25. The zero-order valence-corrected chi connectivity index (χ0v) is 13.7. The zero-order valence-electron chi connectivity index (χ0n) is 11.4. The van der Waals surface area contributed by atoms with Gasteiger partial charge in [0.15, 0.2) is 11.5 Å². The molecule has 4 heteroatoms. The SMILES string of the molecule is COc1ccc(C(Cl)Cc2cccc(Br)c2)cc1OC. The highest BCUT2D eigenvalue weighted by molar-refractivity contribution is 9.10. The molecule has 0 aromatic heterocycles. The fourth-order valence-electron chi connectivity index (χ4n) is 2.04. The molecule has 2 aromatic carbocycles. The minimum Gasteiger partial charge on any atom is -0.493 e. The van der Waals surface area contributed by atoms with E-state index < -0.39 is 0 Å². The van der Waals surface area contributed by atoms with Crippen molar-refractivity contribution < 1.29 is 9.47 Å². The van der Waals surface area contributed by atoms with E-state index in [1.165, 1.54) is 5.56 Å². The van der Waals surface area contributed by atoms with E-state index in [0.29, 0.717) is 11.5 Å². The molecule has 0 radical (unpaired) electrons. The topological polar surface area (TPSA) is 18.5 Å². The van der Waals surface area contributed by atoms with Crippen molar-refractivity contribution >= 4 is 27.5 Å². The number of ether oxygens (including phenoxy) is 2. The van der Waals surface area contributed by atoms with Crippen molar-refractivity contribution in [1.82, 2.24) is 0 Å². The van der Waals surface area contributed by atoms with Gasteiger partial charge in [0.25, 0.3) is 0 Å². The fourth-order valence-corrected chi connectivity index (χ4v) is 2.80. The van der Waals surface area contributed by atoms with Gasteiger partial charge in [-0.05, 0) is 41.8 Å². The molecule has 0 aliphatic rings. The minimum absolute atomic E-state index is 0.107. The molecule has 0 aliphatic carbocycles. The number of methoxy groups -OCH3 is 2. The average Bonchev–Trinajstić information content (AvgIpc) is 2.46. The number of hydrogen-bond acceptors (Lipinski definition) is 2. The van der Waals surface area contributed by atoms with Crippen molar-refractivity contribution in [3.8, 4) is 11.5 Å². The summed E-state index contributed by atoms with van der Waals surface area (Å²) in [4.78, 5) is 0. The average molecular weight is 356 g/mol. The summed E-state index contributed by atoms with van der Waals surface area (Å²) in [5, 5.41) is -0.107. The van der Waals surface area contributed by atoms with Crippen LogP contribution in [0.4, 0.5) is 0 Å². The van der Waals surface area contributed by atoms with Crippen LogP contribution in [-0.2, 0) is 6.42 Å². The lowest BCUT2D eigenvalue weighted by Gasteiger charge is -2.13. The van der Waals surface area contributed by atoms with Gasteiger partial charge in [-0.15, -0.1) is 11.6 Å². The van der Waals surface area contributed by atoms with E-state index in [1.54, 1.807) is 14.2 Å². The number of rotatable bonds is 5. The molecule has 1 unspecified atom stereocenters. The molecule has 2 nitrogen and oxygen atoms in total. The standard InChI is InChI=1S/C16H16BrClO2/c1-19-15-7-6-12(10-16(15)20-2)14(18)9-11-4-3-5-13(17)8-11/h3-8,10,14H,9H2,1-2H3. The van der Waals surface area contributed by atoms with Crippen LogP contribution in [0.2, 0.25) is 0 Å². The summed E-state index contributed by atoms with van der Waals surface area (Å²) >= 11 is 9.98. The highest BCUT2D eigenvalue weighted by atomic mass is 79.9. The first kappa shape index (κ1) is 15.2. The van der Waals surface area contributed by atoms with Gasteiger partial charge in [0.1, 0.15) is 0 Å². The highest BCUT2D eigenvalue weighted by Gasteiger charge is 2.12. The number of benzene rings is 2. The Morgan fingerprint density at radius 2 is 1.80 bits per heavy atom. The second-order valence-electron chi connectivity index (χ2n) is 4.42. The summed E-state index contributed by atoms with van der Waals surface area (Å²) in [5.74, 6) is 1.41. The van der Waals surface area contributed by atoms with Crippen molar-refractivity contribution in [3.63, 3.8) is 0 Å². The van der Waals surface area contributed by atoms with Gasteiger partial charge in [-0.1, -0.05) is 34.1 Å². The maximum Gasteiger partial charge on any atom is 0.161 e. The Bertz CT molecular complexity index is 586. The maximum atomic E-state index is 6.51. The van der Waals surface area contributed by atoms with Gasteiger partial charge in [-0.3, -0.25) is 0 Å². The molecule has 2 aromatic rings. The molecule has 20 heavy (non-hydrogen) atoms. The molecule has 0 aliphatic heterocycles. The van der Waals surface area contributed by atoms with Crippen LogP contribution in [-0.4, -0.2) is 14.2 Å². The summed E-state index contributed by atoms with van der Waals surface area (Å²) in [5.41, 5.74) is 2.21. The first-order valence-corrected chi connectivity index (χ1v) is 7.47. The van der Waals surface area contributed by atoms with E-state index in [1.807, 2.05) is 30.3 Å². The van der Waals surface area contributed by atoms with Crippen LogP contribution in [0.15, 0.2) is 46.9 Å². The second-order valence-corrected chi connectivity index (χ2v) is 5.86. The lowest BCUT2D eigenvalue weighted by atomic mass is 10.0. The molecule has 0 amide bonds. The van der Waals surface area contributed by atoms with E-state index in [4.69, 9.17) is 21.1 Å². The number of hydrogen-bond donors (Lipinski definition) is 0. The third-order valence-corrected chi connectivity index (χ3v) is 3.97. The van der Waals surface area contributed by atoms with Crippen LogP contribution >= 0.6 is 27.5 Å². The van der Waals surface area contributed by atoms with Gasteiger partial charge in [0, 0.05) is 4.47 Å². The van der Waals surface area contributed by atoms with Gasteiger partial charge in [-0.2, -0.15) is 0 Å². The molecule has 0 bridgehead atoms. The van der Waals surface area contributed by atoms with Gasteiger partial charge < -0.3 is 9.47 Å².